The summed E-state index contributed by atoms with van der Waals surface area (Å²) in [6, 6.07) is 0.156. The second kappa shape index (κ2) is 6.11. The number of nitrogens with zero attached hydrogens (tertiary/aromatic N) is 1. The van der Waals surface area contributed by atoms with Gasteiger partial charge in [-0.3, -0.25) is 0 Å². The zero-order valence-electron chi connectivity index (χ0n) is 11.3. The summed E-state index contributed by atoms with van der Waals surface area (Å²) in [5, 5.41) is 4.71. The van der Waals surface area contributed by atoms with E-state index in [0.717, 1.165) is 26.1 Å². The monoisotopic (exact) mass is 292 g/mol. The number of nitrogens with one attached hydrogen (secondary N) is 1. The fraction of sp³-hybridized carbons (Fsp3) is 1.00. The van der Waals surface area contributed by atoms with Crippen LogP contribution in [-0.4, -0.2) is 67.5 Å². The zero-order valence-corrected chi connectivity index (χ0v) is 12.9. The first-order chi connectivity index (χ1) is 8.44. The Hall–Kier alpha value is 0.220. The van der Waals surface area contributed by atoms with Gasteiger partial charge in [0.1, 0.15) is 0 Å². The van der Waals surface area contributed by atoms with E-state index in [1.165, 1.54) is 0 Å². The van der Waals surface area contributed by atoms with E-state index in [-0.39, 0.29) is 6.04 Å². The third kappa shape index (κ3) is 4.40. The average Bonchev–Trinajstić information content (AvgIpc) is 2.24. The highest BCUT2D eigenvalue weighted by atomic mass is 32.2. The molecular formula is C12H24N2O2S2. The fourth-order valence-electron chi connectivity index (χ4n) is 2.86. The molecule has 1 N–H and O–H groups in total. The van der Waals surface area contributed by atoms with Crippen LogP contribution in [0.5, 0.6) is 0 Å². The summed E-state index contributed by atoms with van der Waals surface area (Å²) in [6.07, 6.45) is 0.948. The molecule has 0 spiro atoms. The molecule has 2 fully saturated rings. The maximum Gasteiger partial charge on any atom is 0.153 e. The molecular weight excluding hydrogens is 268 g/mol. The first-order valence-corrected chi connectivity index (χ1v) is 9.52. The Bertz CT molecular complexity index is 362. The molecule has 4 nitrogen and oxygen atoms in total. The van der Waals surface area contributed by atoms with Gasteiger partial charge in [-0.25, -0.2) is 8.42 Å². The standard InChI is InChI=1S/C12H24N2O2S2/c1-10-7-14(8-11(2)17-10)5-3-12-9-18(15,16)6-4-13-12/h10-13H,3-9H2,1-2H3. The molecule has 2 rings (SSSR count). The summed E-state index contributed by atoms with van der Waals surface area (Å²) < 4.78 is 23.1. The Kier molecular flexibility index (Phi) is 4.97. The number of hydrogen-bond acceptors (Lipinski definition) is 5. The van der Waals surface area contributed by atoms with Crippen molar-refractivity contribution in [3.05, 3.63) is 0 Å². The molecule has 106 valence electrons. The van der Waals surface area contributed by atoms with Crippen LogP contribution < -0.4 is 5.32 Å². The Morgan fingerprint density at radius 3 is 2.56 bits per heavy atom. The summed E-state index contributed by atoms with van der Waals surface area (Å²) in [5.74, 6) is 0.624. The van der Waals surface area contributed by atoms with E-state index in [1.54, 1.807) is 0 Å². The maximum atomic E-state index is 11.6. The number of hydrogen-bond donors (Lipinski definition) is 1. The van der Waals surface area contributed by atoms with Crippen molar-refractivity contribution in [3.8, 4) is 0 Å². The molecule has 3 atom stereocenters. The van der Waals surface area contributed by atoms with Gasteiger partial charge >= 0.3 is 0 Å². The summed E-state index contributed by atoms with van der Waals surface area (Å²) in [7, 11) is -2.79. The molecule has 2 saturated heterocycles. The van der Waals surface area contributed by atoms with E-state index in [4.69, 9.17) is 0 Å². The minimum Gasteiger partial charge on any atom is -0.312 e. The molecule has 0 aromatic heterocycles. The Morgan fingerprint density at radius 2 is 1.94 bits per heavy atom. The van der Waals surface area contributed by atoms with Gasteiger partial charge in [0, 0.05) is 36.2 Å². The lowest BCUT2D eigenvalue weighted by molar-refractivity contribution is 0.256. The molecule has 0 aromatic carbocycles. The first-order valence-electron chi connectivity index (χ1n) is 6.76. The Balaban J connectivity index is 1.77. The Labute approximate surface area is 115 Å². The van der Waals surface area contributed by atoms with E-state index < -0.39 is 9.84 Å². The van der Waals surface area contributed by atoms with Crippen molar-refractivity contribution >= 4 is 21.6 Å². The first kappa shape index (κ1) is 14.6. The quantitative estimate of drug-likeness (QED) is 0.825. The van der Waals surface area contributed by atoms with Crippen LogP contribution in [0.4, 0.5) is 0 Å². The van der Waals surface area contributed by atoms with Gasteiger partial charge in [0.15, 0.2) is 9.84 Å². The molecule has 18 heavy (non-hydrogen) atoms. The second-order valence-corrected chi connectivity index (χ2v) is 9.68. The van der Waals surface area contributed by atoms with Crippen LogP contribution in [0.3, 0.4) is 0 Å². The van der Waals surface area contributed by atoms with E-state index >= 15 is 0 Å². The van der Waals surface area contributed by atoms with Gasteiger partial charge in [-0.15, -0.1) is 0 Å². The third-order valence-corrected chi connectivity index (χ3v) is 6.55. The number of thioether (sulfide) groups is 1. The van der Waals surface area contributed by atoms with E-state index in [2.05, 4.69) is 35.8 Å². The van der Waals surface area contributed by atoms with Gasteiger partial charge in [-0.05, 0) is 13.0 Å². The van der Waals surface area contributed by atoms with Crippen molar-refractivity contribution in [2.45, 2.75) is 36.8 Å². The molecule has 0 amide bonds. The van der Waals surface area contributed by atoms with Gasteiger partial charge in [0.25, 0.3) is 0 Å². The van der Waals surface area contributed by atoms with Crippen molar-refractivity contribution in [2.75, 3.05) is 37.7 Å². The van der Waals surface area contributed by atoms with Gasteiger partial charge in [-0.2, -0.15) is 11.8 Å². The molecule has 2 aliphatic heterocycles. The number of sulfone groups is 1. The molecule has 6 heteroatoms. The average molecular weight is 292 g/mol. The molecule has 0 radical (unpaired) electrons. The predicted molar refractivity (Wildman–Crippen MR) is 78.0 cm³/mol. The van der Waals surface area contributed by atoms with Crippen LogP contribution in [-0.2, 0) is 9.84 Å². The summed E-state index contributed by atoms with van der Waals surface area (Å²) >= 11 is 2.05. The van der Waals surface area contributed by atoms with Gasteiger partial charge in [-0.1, -0.05) is 13.8 Å². The smallest absolute Gasteiger partial charge is 0.153 e. The van der Waals surface area contributed by atoms with Crippen LogP contribution >= 0.6 is 11.8 Å². The molecule has 0 aromatic rings. The molecule has 2 aliphatic rings. The fourth-order valence-corrected chi connectivity index (χ4v) is 5.74. The zero-order chi connectivity index (χ0) is 13.2. The maximum absolute atomic E-state index is 11.6. The minimum atomic E-state index is -2.79. The Morgan fingerprint density at radius 1 is 1.28 bits per heavy atom. The SMILES string of the molecule is CC1CN(CCC2CS(=O)(=O)CCN2)CC(C)S1. The highest BCUT2D eigenvalue weighted by Gasteiger charge is 2.26. The summed E-state index contributed by atoms with van der Waals surface area (Å²) in [6.45, 7) is 8.45. The summed E-state index contributed by atoms with van der Waals surface area (Å²) in [5.41, 5.74) is 0. The number of rotatable bonds is 3. The second-order valence-electron chi connectivity index (χ2n) is 5.57. The minimum absolute atomic E-state index is 0.156. The van der Waals surface area contributed by atoms with Crippen molar-refractivity contribution in [2.24, 2.45) is 0 Å². The van der Waals surface area contributed by atoms with Crippen LogP contribution in [0.2, 0.25) is 0 Å². The highest BCUT2D eigenvalue weighted by molar-refractivity contribution is 8.00. The van der Waals surface area contributed by atoms with Crippen LogP contribution in [0.25, 0.3) is 0 Å². The van der Waals surface area contributed by atoms with E-state index in [9.17, 15) is 8.42 Å². The summed E-state index contributed by atoms with van der Waals surface area (Å²) in [4.78, 5) is 2.48. The van der Waals surface area contributed by atoms with Gasteiger partial charge < -0.3 is 10.2 Å². The third-order valence-electron chi connectivity index (χ3n) is 3.59. The van der Waals surface area contributed by atoms with E-state index in [1.807, 2.05) is 0 Å². The van der Waals surface area contributed by atoms with Crippen molar-refractivity contribution in [1.29, 1.82) is 0 Å². The largest absolute Gasteiger partial charge is 0.312 e. The molecule has 3 unspecified atom stereocenters. The van der Waals surface area contributed by atoms with Gasteiger partial charge in [0.05, 0.1) is 11.5 Å². The normalized spacial score (nSPS) is 37.6. The van der Waals surface area contributed by atoms with Crippen LogP contribution in [0.15, 0.2) is 0 Å². The molecule has 0 saturated carbocycles. The molecule has 0 bridgehead atoms. The lowest BCUT2D eigenvalue weighted by Crippen LogP contribution is -2.48. The van der Waals surface area contributed by atoms with E-state index in [0.29, 0.717) is 28.6 Å². The van der Waals surface area contributed by atoms with Gasteiger partial charge in [0.2, 0.25) is 0 Å². The molecule has 2 heterocycles. The van der Waals surface area contributed by atoms with Crippen molar-refractivity contribution in [1.82, 2.24) is 10.2 Å². The van der Waals surface area contributed by atoms with Crippen molar-refractivity contribution in [3.63, 3.8) is 0 Å². The topological polar surface area (TPSA) is 49.4 Å². The predicted octanol–water partition coefficient (Wildman–Crippen LogP) is 0.589. The molecule has 0 aliphatic carbocycles. The van der Waals surface area contributed by atoms with Crippen LogP contribution in [0, 0.1) is 0 Å². The van der Waals surface area contributed by atoms with Crippen molar-refractivity contribution < 1.29 is 8.42 Å². The lowest BCUT2D eigenvalue weighted by atomic mass is 10.2. The highest BCUT2D eigenvalue weighted by Crippen LogP contribution is 2.24. The van der Waals surface area contributed by atoms with Crippen LogP contribution in [0.1, 0.15) is 20.3 Å². The lowest BCUT2D eigenvalue weighted by Gasteiger charge is -2.35.